The Morgan fingerprint density at radius 1 is 1.11 bits per heavy atom. The molecule has 0 amide bonds. The number of benzene rings is 1. The van der Waals surface area contributed by atoms with Crippen LogP contribution in [-0.2, 0) is 6.42 Å². The van der Waals surface area contributed by atoms with Gasteiger partial charge in [0.05, 0.1) is 7.11 Å². The minimum atomic E-state index is 0.275. The number of ether oxygens (including phenoxy) is 1. The number of anilines is 2. The molecule has 1 aliphatic rings. The Bertz CT molecular complexity index is 887. The van der Waals surface area contributed by atoms with Crippen LogP contribution in [0.3, 0.4) is 0 Å². The third kappa shape index (κ3) is 4.02. The zero-order chi connectivity index (χ0) is 18.6. The average Bonchev–Trinajstić information content (AvgIpc) is 3.23. The third-order valence-electron chi connectivity index (χ3n) is 5.05. The maximum absolute atomic E-state index is 5.93. The van der Waals surface area contributed by atoms with E-state index in [1.807, 2.05) is 24.4 Å². The molecule has 0 atom stereocenters. The number of nitrogens with two attached hydrogens (primary N) is 1. The van der Waals surface area contributed by atoms with Crippen LogP contribution in [0.2, 0.25) is 0 Å². The van der Waals surface area contributed by atoms with Crippen molar-refractivity contribution >= 4 is 11.8 Å². The normalized spacial score (nSPS) is 15.1. The van der Waals surface area contributed by atoms with E-state index in [0.717, 1.165) is 43.9 Å². The molecule has 1 fully saturated rings. The maximum Gasteiger partial charge on any atom is 0.224 e. The molecule has 3 aromatic rings. The van der Waals surface area contributed by atoms with Gasteiger partial charge in [0.25, 0.3) is 0 Å². The summed E-state index contributed by atoms with van der Waals surface area (Å²) in [5.74, 6) is 3.43. The van der Waals surface area contributed by atoms with Gasteiger partial charge in [-0.2, -0.15) is 15.1 Å². The summed E-state index contributed by atoms with van der Waals surface area (Å²) >= 11 is 0. The van der Waals surface area contributed by atoms with Crippen molar-refractivity contribution in [1.82, 2.24) is 19.7 Å². The second-order valence-electron chi connectivity index (χ2n) is 6.88. The molecule has 1 aromatic carbocycles. The lowest BCUT2D eigenvalue weighted by Crippen LogP contribution is -2.35. The van der Waals surface area contributed by atoms with Crippen LogP contribution in [-0.4, -0.2) is 39.9 Å². The van der Waals surface area contributed by atoms with Gasteiger partial charge in [-0.3, -0.25) is 0 Å². The van der Waals surface area contributed by atoms with Crippen LogP contribution in [0.1, 0.15) is 18.4 Å². The van der Waals surface area contributed by atoms with E-state index in [1.54, 1.807) is 18.0 Å². The zero-order valence-electron chi connectivity index (χ0n) is 15.5. The number of aromatic nitrogens is 4. The average molecular weight is 364 g/mol. The number of methoxy groups -OCH3 is 1. The van der Waals surface area contributed by atoms with E-state index < -0.39 is 0 Å². The van der Waals surface area contributed by atoms with E-state index in [1.165, 1.54) is 5.56 Å². The van der Waals surface area contributed by atoms with Gasteiger partial charge in [-0.15, -0.1) is 0 Å². The lowest BCUT2D eigenvalue weighted by atomic mass is 9.90. The first-order valence-corrected chi connectivity index (χ1v) is 9.24. The fourth-order valence-electron chi connectivity index (χ4n) is 3.62. The van der Waals surface area contributed by atoms with Gasteiger partial charge in [-0.25, -0.2) is 4.68 Å². The molecular formula is C20H24N6O. The Morgan fingerprint density at radius 3 is 2.67 bits per heavy atom. The van der Waals surface area contributed by atoms with Crippen molar-refractivity contribution in [2.75, 3.05) is 30.8 Å². The van der Waals surface area contributed by atoms with Crippen molar-refractivity contribution in [1.29, 1.82) is 0 Å². The molecule has 140 valence electrons. The molecule has 1 aliphatic heterocycles. The molecule has 0 aliphatic carbocycles. The van der Waals surface area contributed by atoms with Gasteiger partial charge in [-0.05, 0) is 48.9 Å². The first-order chi connectivity index (χ1) is 13.2. The topological polar surface area (TPSA) is 82.1 Å². The van der Waals surface area contributed by atoms with Crippen LogP contribution in [0.5, 0.6) is 5.75 Å². The van der Waals surface area contributed by atoms with Crippen LogP contribution in [0.25, 0.3) is 5.82 Å². The van der Waals surface area contributed by atoms with Gasteiger partial charge in [0, 0.05) is 31.5 Å². The lowest BCUT2D eigenvalue weighted by Gasteiger charge is -2.33. The van der Waals surface area contributed by atoms with Crippen LogP contribution in [0.4, 0.5) is 11.8 Å². The highest BCUT2D eigenvalue weighted by Crippen LogP contribution is 2.27. The fourth-order valence-corrected chi connectivity index (χ4v) is 3.62. The highest BCUT2D eigenvalue weighted by molar-refractivity contribution is 5.48. The molecule has 1 saturated heterocycles. The molecule has 0 spiro atoms. The van der Waals surface area contributed by atoms with Crippen LogP contribution >= 0.6 is 0 Å². The van der Waals surface area contributed by atoms with Crippen LogP contribution in [0.15, 0.2) is 48.8 Å². The standard InChI is InChI=1S/C20H24N6O/c1-27-17-5-2-4-16(13-17)12-15-6-10-25(11-7-15)18-14-19(24-20(21)23-18)26-9-3-8-22-26/h2-5,8-9,13-15H,6-7,10-12H2,1H3,(H2,21,23,24). The van der Waals surface area contributed by atoms with Crippen LogP contribution in [0, 0.1) is 5.92 Å². The quantitative estimate of drug-likeness (QED) is 0.750. The summed E-state index contributed by atoms with van der Waals surface area (Å²) in [5, 5.41) is 4.23. The second kappa shape index (κ2) is 7.65. The SMILES string of the molecule is COc1cccc(CC2CCN(c3cc(-n4cccn4)nc(N)n3)CC2)c1. The summed E-state index contributed by atoms with van der Waals surface area (Å²) < 4.78 is 7.04. The molecule has 7 nitrogen and oxygen atoms in total. The summed E-state index contributed by atoms with van der Waals surface area (Å²) in [6.07, 6.45) is 6.90. The van der Waals surface area contributed by atoms with Gasteiger partial charge >= 0.3 is 0 Å². The van der Waals surface area contributed by atoms with Gasteiger partial charge in [0.1, 0.15) is 11.6 Å². The summed E-state index contributed by atoms with van der Waals surface area (Å²) in [6, 6.07) is 12.2. The first kappa shape index (κ1) is 17.3. The predicted octanol–water partition coefficient (Wildman–Crippen LogP) is 2.71. The molecule has 2 N–H and O–H groups in total. The lowest BCUT2D eigenvalue weighted by molar-refractivity contribution is 0.397. The smallest absolute Gasteiger partial charge is 0.224 e. The van der Waals surface area contributed by atoms with Gasteiger partial charge < -0.3 is 15.4 Å². The van der Waals surface area contributed by atoms with E-state index in [2.05, 4.69) is 38.2 Å². The first-order valence-electron chi connectivity index (χ1n) is 9.24. The summed E-state index contributed by atoms with van der Waals surface area (Å²) in [5.41, 5.74) is 7.26. The summed E-state index contributed by atoms with van der Waals surface area (Å²) in [7, 11) is 1.71. The van der Waals surface area contributed by atoms with Crippen molar-refractivity contribution in [3.8, 4) is 11.6 Å². The Morgan fingerprint density at radius 2 is 1.93 bits per heavy atom. The monoisotopic (exact) mass is 364 g/mol. The van der Waals surface area contributed by atoms with Gasteiger partial charge in [-0.1, -0.05) is 12.1 Å². The van der Waals surface area contributed by atoms with Gasteiger partial charge in [0.15, 0.2) is 5.82 Å². The minimum Gasteiger partial charge on any atom is -0.497 e. The molecule has 7 heteroatoms. The van der Waals surface area contributed by atoms with Crippen molar-refractivity contribution < 1.29 is 4.74 Å². The highest BCUT2D eigenvalue weighted by atomic mass is 16.5. The van der Waals surface area contributed by atoms with Crippen LogP contribution < -0.4 is 15.4 Å². The number of piperidine rings is 1. The summed E-state index contributed by atoms with van der Waals surface area (Å²) in [4.78, 5) is 11.0. The van der Waals surface area contributed by atoms with E-state index in [9.17, 15) is 0 Å². The third-order valence-corrected chi connectivity index (χ3v) is 5.05. The van der Waals surface area contributed by atoms with E-state index in [0.29, 0.717) is 11.7 Å². The number of nitrogens with zero attached hydrogens (tertiary/aromatic N) is 5. The largest absolute Gasteiger partial charge is 0.497 e. The van der Waals surface area contributed by atoms with Crippen molar-refractivity contribution in [3.63, 3.8) is 0 Å². The van der Waals surface area contributed by atoms with Crippen molar-refractivity contribution in [2.24, 2.45) is 5.92 Å². The number of rotatable bonds is 5. The maximum atomic E-state index is 5.93. The van der Waals surface area contributed by atoms with E-state index >= 15 is 0 Å². The minimum absolute atomic E-state index is 0.275. The second-order valence-corrected chi connectivity index (χ2v) is 6.88. The summed E-state index contributed by atoms with van der Waals surface area (Å²) in [6.45, 7) is 1.92. The molecule has 0 saturated carbocycles. The molecule has 3 heterocycles. The Labute approximate surface area is 158 Å². The highest BCUT2D eigenvalue weighted by Gasteiger charge is 2.21. The number of hydrogen-bond acceptors (Lipinski definition) is 6. The van der Waals surface area contributed by atoms with Crippen molar-refractivity contribution in [2.45, 2.75) is 19.3 Å². The Balaban J connectivity index is 1.42. The fraction of sp³-hybridized carbons (Fsp3) is 0.350. The molecule has 27 heavy (non-hydrogen) atoms. The zero-order valence-corrected chi connectivity index (χ0v) is 15.5. The van der Waals surface area contributed by atoms with E-state index in [-0.39, 0.29) is 5.95 Å². The molecule has 4 rings (SSSR count). The van der Waals surface area contributed by atoms with Gasteiger partial charge in [0.2, 0.25) is 5.95 Å². The predicted molar refractivity (Wildman–Crippen MR) is 105 cm³/mol. The molecule has 2 aromatic heterocycles. The molecule has 0 radical (unpaired) electrons. The Hall–Kier alpha value is -3.09. The molecule has 0 unspecified atom stereocenters. The molecule has 0 bridgehead atoms. The van der Waals surface area contributed by atoms with Crippen molar-refractivity contribution in [3.05, 3.63) is 54.4 Å². The number of nitrogen functional groups attached to an aromatic ring is 1. The Kier molecular flexibility index (Phi) is 4.91. The molecular weight excluding hydrogens is 340 g/mol. The number of hydrogen-bond donors (Lipinski definition) is 1. The van der Waals surface area contributed by atoms with E-state index in [4.69, 9.17) is 10.5 Å².